The van der Waals surface area contributed by atoms with Gasteiger partial charge in [-0.2, -0.15) is 0 Å². The van der Waals surface area contributed by atoms with E-state index in [0.29, 0.717) is 6.04 Å². The first kappa shape index (κ1) is 14.9. The number of hydrogen-bond acceptors (Lipinski definition) is 3. The van der Waals surface area contributed by atoms with Crippen molar-refractivity contribution in [1.29, 1.82) is 0 Å². The van der Waals surface area contributed by atoms with Crippen molar-refractivity contribution >= 4 is 11.8 Å². The van der Waals surface area contributed by atoms with E-state index in [1.165, 1.54) is 23.3 Å². The van der Waals surface area contributed by atoms with Crippen LogP contribution in [-0.2, 0) is 0 Å². The van der Waals surface area contributed by atoms with Gasteiger partial charge in [0.2, 0.25) is 0 Å². The Kier molecular flexibility index (Phi) is 5.31. The van der Waals surface area contributed by atoms with E-state index in [-0.39, 0.29) is 12.1 Å². The van der Waals surface area contributed by atoms with Gasteiger partial charge in [-0.3, -0.25) is 0 Å². The number of rotatable bonds is 8. The molecule has 1 atom stereocenters. The standard InChI is InChI=1S/C16H25NOS/c1-13-4-8-15(9-5-13)19-11-3-10-16(2,12-18)17-14-6-7-14/h4-5,8-9,14,17-18H,3,6-7,10-12H2,1-2H3. The highest BCUT2D eigenvalue weighted by Gasteiger charge is 2.31. The Hall–Kier alpha value is -0.510. The minimum Gasteiger partial charge on any atom is -0.394 e. The predicted molar refractivity (Wildman–Crippen MR) is 82.8 cm³/mol. The maximum Gasteiger partial charge on any atom is 0.0610 e. The molecule has 0 spiro atoms. The zero-order valence-electron chi connectivity index (χ0n) is 12.0. The quantitative estimate of drug-likeness (QED) is 0.565. The highest BCUT2D eigenvalue weighted by molar-refractivity contribution is 7.99. The number of aryl methyl sites for hydroxylation is 1. The van der Waals surface area contributed by atoms with Gasteiger partial charge in [-0.05, 0) is 57.4 Å². The average Bonchev–Trinajstić information content (AvgIpc) is 3.21. The number of hydrogen-bond donors (Lipinski definition) is 2. The van der Waals surface area contributed by atoms with Crippen LogP contribution in [0.25, 0.3) is 0 Å². The van der Waals surface area contributed by atoms with Gasteiger partial charge in [0.05, 0.1) is 6.61 Å². The number of nitrogens with one attached hydrogen (secondary N) is 1. The van der Waals surface area contributed by atoms with Gasteiger partial charge < -0.3 is 10.4 Å². The second-order valence-corrected chi connectivity index (χ2v) is 7.07. The van der Waals surface area contributed by atoms with Gasteiger partial charge in [0.25, 0.3) is 0 Å². The van der Waals surface area contributed by atoms with Crippen LogP contribution in [0.4, 0.5) is 0 Å². The molecule has 1 aliphatic carbocycles. The molecule has 0 radical (unpaired) electrons. The molecule has 0 saturated heterocycles. The van der Waals surface area contributed by atoms with Crippen molar-refractivity contribution in [2.75, 3.05) is 12.4 Å². The lowest BCUT2D eigenvalue weighted by Crippen LogP contribution is -2.46. The van der Waals surface area contributed by atoms with Crippen molar-refractivity contribution in [3.63, 3.8) is 0 Å². The molecule has 2 nitrogen and oxygen atoms in total. The van der Waals surface area contributed by atoms with Crippen LogP contribution in [0.15, 0.2) is 29.2 Å². The maximum absolute atomic E-state index is 9.54. The Morgan fingerprint density at radius 1 is 1.32 bits per heavy atom. The van der Waals surface area contributed by atoms with Crippen LogP contribution in [0.5, 0.6) is 0 Å². The first-order valence-electron chi connectivity index (χ1n) is 7.19. The van der Waals surface area contributed by atoms with E-state index in [2.05, 4.69) is 43.4 Å². The summed E-state index contributed by atoms with van der Waals surface area (Å²) < 4.78 is 0. The van der Waals surface area contributed by atoms with E-state index < -0.39 is 0 Å². The molecule has 1 aromatic carbocycles. The van der Waals surface area contributed by atoms with Gasteiger partial charge in [-0.1, -0.05) is 17.7 Å². The van der Waals surface area contributed by atoms with Crippen molar-refractivity contribution in [3.8, 4) is 0 Å². The fraction of sp³-hybridized carbons (Fsp3) is 0.625. The van der Waals surface area contributed by atoms with Crippen molar-refractivity contribution in [1.82, 2.24) is 5.32 Å². The first-order chi connectivity index (χ1) is 9.11. The summed E-state index contributed by atoms with van der Waals surface area (Å²) in [5, 5.41) is 13.1. The first-order valence-corrected chi connectivity index (χ1v) is 8.18. The van der Waals surface area contributed by atoms with Crippen LogP contribution >= 0.6 is 11.8 Å². The minimum atomic E-state index is -0.0883. The zero-order valence-corrected chi connectivity index (χ0v) is 12.8. The van der Waals surface area contributed by atoms with Crippen LogP contribution in [0.1, 0.15) is 38.2 Å². The van der Waals surface area contributed by atoms with Gasteiger partial charge >= 0.3 is 0 Å². The molecule has 0 amide bonds. The SMILES string of the molecule is Cc1ccc(SCCCC(C)(CO)NC2CC2)cc1. The summed E-state index contributed by atoms with van der Waals surface area (Å²) in [6.07, 6.45) is 4.72. The smallest absolute Gasteiger partial charge is 0.0610 e. The Balaban J connectivity index is 1.68. The third-order valence-electron chi connectivity index (χ3n) is 3.64. The third kappa shape index (κ3) is 5.17. The lowest BCUT2D eigenvalue weighted by Gasteiger charge is -2.29. The zero-order chi connectivity index (χ0) is 13.7. The van der Waals surface area contributed by atoms with Crippen LogP contribution < -0.4 is 5.32 Å². The summed E-state index contributed by atoms with van der Waals surface area (Å²) in [6, 6.07) is 9.35. The molecule has 0 heterocycles. The molecular weight excluding hydrogens is 254 g/mol. The highest BCUT2D eigenvalue weighted by Crippen LogP contribution is 2.26. The normalized spacial score (nSPS) is 18.3. The fourth-order valence-corrected chi connectivity index (χ4v) is 3.06. The number of thioether (sulfide) groups is 1. The van der Waals surface area contributed by atoms with E-state index in [1.54, 1.807) is 0 Å². The largest absolute Gasteiger partial charge is 0.394 e. The molecule has 1 unspecified atom stereocenters. The summed E-state index contributed by atoms with van der Waals surface area (Å²) in [7, 11) is 0. The van der Waals surface area contributed by atoms with E-state index >= 15 is 0 Å². The second kappa shape index (κ2) is 6.78. The molecule has 2 rings (SSSR count). The lowest BCUT2D eigenvalue weighted by atomic mass is 9.97. The number of benzene rings is 1. The second-order valence-electron chi connectivity index (χ2n) is 5.90. The molecule has 2 N–H and O–H groups in total. The summed E-state index contributed by atoms with van der Waals surface area (Å²) in [5.41, 5.74) is 1.22. The van der Waals surface area contributed by atoms with Gasteiger partial charge in [0.15, 0.2) is 0 Å². The van der Waals surface area contributed by atoms with Crippen molar-refractivity contribution in [3.05, 3.63) is 29.8 Å². The molecule has 0 aromatic heterocycles. The van der Waals surface area contributed by atoms with Crippen molar-refractivity contribution in [2.24, 2.45) is 0 Å². The molecule has 19 heavy (non-hydrogen) atoms. The summed E-state index contributed by atoms with van der Waals surface area (Å²) in [6.45, 7) is 4.49. The van der Waals surface area contributed by atoms with Crippen molar-refractivity contribution < 1.29 is 5.11 Å². The van der Waals surface area contributed by atoms with Crippen molar-refractivity contribution in [2.45, 2.75) is 56.0 Å². The van der Waals surface area contributed by atoms with Gasteiger partial charge in [-0.15, -0.1) is 11.8 Å². The fourth-order valence-electron chi connectivity index (χ4n) is 2.20. The molecular formula is C16H25NOS. The van der Waals surface area contributed by atoms with Gasteiger partial charge in [-0.25, -0.2) is 0 Å². The predicted octanol–water partition coefficient (Wildman–Crippen LogP) is 3.37. The van der Waals surface area contributed by atoms with Crippen LogP contribution in [0.2, 0.25) is 0 Å². The topological polar surface area (TPSA) is 32.3 Å². The molecule has 1 fully saturated rings. The Morgan fingerprint density at radius 3 is 2.58 bits per heavy atom. The lowest BCUT2D eigenvalue weighted by molar-refractivity contribution is 0.163. The monoisotopic (exact) mass is 279 g/mol. The van der Waals surface area contributed by atoms with E-state index in [9.17, 15) is 5.11 Å². The molecule has 3 heteroatoms. The molecule has 0 aliphatic heterocycles. The van der Waals surface area contributed by atoms with E-state index in [1.807, 2.05) is 11.8 Å². The molecule has 0 bridgehead atoms. The van der Waals surface area contributed by atoms with Crippen LogP contribution in [-0.4, -0.2) is 29.0 Å². The Bertz CT molecular complexity index is 388. The Labute approximate surface area is 121 Å². The molecule has 1 aromatic rings. The van der Waals surface area contributed by atoms with Crippen LogP contribution in [0, 0.1) is 6.92 Å². The van der Waals surface area contributed by atoms with E-state index in [4.69, 9.17) is 0 Å². The maximum atomic E-state index is 9.54. The van der Waals surface area contributed by atoms with Crippen LogP contribution in [0.3, 0.4) is 0 Å². The number of aliphatic hydroxyl groups is 1. The summed E-state index contributed by atoms with van der Waals surface area (Å²) >= 11 is 1.91. The Morgan fingerprint density at radius 2 is 2.00 bits per heavy atom. The van der Waals surface area contributed by atoms with Gasteiger partial charge in [0, 0.05) is 16.5 Å². The molecule has 106 valence electrons. The van der Waals surface area contributed by atoms with E-state index in [0.717, 1.165) is 18.6 Å². The highest BCUT2D eigenvalue weighted by atomic mass is 32.2. The minimum absolute atomic E-state index is 0.0883. The average molecular weight is 279 g/mol. The summed E-state index contributed by atoms with van der Waals surface area (Å²) in [4.78, 5) is 1.34. The van der Waals surface area contributed by atoms with Gasteiger partial charge in [0.1, 0.15) is 0 Å². The molecule has 1 saturated carbocycles. The number of aliphatic hydroxyl groups excluding tert-OH is 1. The third-order valence-corrected chi connectivity index (χ3v) is 4.74. The summed E-state index contributed by atoms with van der Waals surface area (Å²) in [5.74, 6) is 1.12. The molecule has 1 aliphatic rings.